The Morgan fingerprint density at radius 3 is 2.90 bits per heavy atom. The van der Waals surface area contributed by atoms with Gasteiger partial charge in [0.15, 0.2) is 0 Å². The van der Waals surface area contributed by atoms with Gasteiger partial charge in [-0.15, -0.1) is 0 Å². The van der Waals surface area contributed by atoms with Gasteiger partial charge in [0.05, 0.1) is 18.7 Å². The summed E-state index contributed by atoms with van der Waals surface area (Å²) in [5.41, 5.74) is 0.720. The minimum Gasteiger partial charge on any atom is -0.491 e. The van der Waals surface area contributed by atoms with Crippen molar-refractivity contribution in [3.63, 3.8) is 0 Å². The van der Waals surface area contributed by atoms with Crippen molar-refractivity contribution < 1.29 is 19.4 Å². The maximum absolute atomic E-state index is 12.4. The summed E-state index contributed by atoms with van der Waals surface area (Å²) in [5.74, 6) is -0.238. The van der Waals surface area contributed by atoms with Gasteiger partial charge in [-0.1, -0.05) is 19.1 Å². The molecule has 1 aliphatic heterocycles. The summed E-state index contributed by atoms with van der Waals surface area (Å²) in [6, 6.07) is 6.72. The third-order valence-corrected chi connectivity index (χ3v) is 3.43. The number of aliphatic carboxylic acids is 1. The lowest BCUT2D eigenvalue weighted by atomic mass is 10.1. The van der Waals surface area contributed by atoms with E-state index >= 15 is 0 Å². The lowest BCUT2D eigenvalue weighted by molar-refractivity contribution is -0.137. The number of carboxylic acids is 1. The molecule has 0 radical (unpaired) electrons. The van der Waals surface area contributed by atoms with Gasteiger partial charge >= 0.3 is 12.0 Å². The number of nitrogens with one attached hydrogen (secondary N) is 1. The van der Waals surface area contributed by atoms with Crippen LogP contribution in [0.4, 0.5) is 10.5 Å². The first-order valence-corrected chi connectivity index (χ1v) is 7.13. The van der Waals surface area contributed by atoms with Crippen LogP contribution < -0.4 is 15.0 Å². The number of rotatable bonds is 4. The van der Waals surface area contributed by atoms with E-state index in [-0.39, 0.29) is 18.5 Å². The average molecular weight is 292 g/mol. The first-order valence-electron chi connectivity index (χ1n) is 7.13. The molecule has 21 heavy (non-hydrogen) atoms. The monoisotopic (exact) mass is 292 g/mol. The predicted molar refractivity (Wildman–Crippen MR) is 78.8 cm³/mol. The number of ether oxygens (including phenoxy) is 1. The highest BCUT2D eigenvalue weighted by Gasteiger charge is 2.24. The normalized spacial score (nSPS) is 15.4. The van der Waals surface area contributed by atoms with E-state index in [1.165, 1.54) is 0 Å². The van der Waals surface area contributed by atoms with Crippen LogP contribution in [0.2, 0.25) is 0 Å². The molecule has 0 bridgehead atoms. The Hall–Kier alpha value is -2.24. The number of para-hydroxylation sites is 2. The number of hydrogen-bond donors (Lipinski definition) is 2. The molecule has 2 amide bonds. The van der Waals surface area contributed by atoms with Gasteiger partial charge < -0.3 is 15.2 Å². The van der Waals surface area contributed by atoms with Crippen LogP contribution in [0.1, 0.15) is 26.2 Å². The molecule has 1 heterocycles. The summed E-state index contributed by atoms with van der Waals surface area (Å²) < 4.78 is 5.61. The van der Waals surface area contributed by atoms with Crippen LogP contribution in [0.25, 0.3) is 0 Å². The summed E-state index contributed by atoms with van der Waals surface area (Å²) in [6.07, 6.45) is 1.23. The van der Waals surface area contributed by atoms with E-state index in [1.807, 2.05) is 31.2 Å². The van der Waals surface area contributed by atoms with Gasteiger partial charge in [-0.3, -0.25) is 9.69 Å². The molecule has 0 spiro atoms. The number of anilines is 1. The summed E-state index contributed by atoms with van der Waals surface area (Å²) >= 11 is 0. The van der Waals surface area contributed by atoms with Crippen molar-refractivity contribution in [2.24, 2.45) is 0 Å². The average Bonchev–Trinajstić information content (AvgIpc) is 2.68. The van der Waals surface area contributed by atoms with E-state index in [9.17, 15) is 9.59 Å². The van der Waals surface area contributed by atoms with Crippen molar-refractivity contribution in [2.75, 3.05) is 18.1 Å². The SMILES string of the molecule is CCC(CC(=O)O)NC(=O)N1CCCOc2ccccc21. The Balaban J connectivity index is 2.13. The second kappa shape index (κ2) is 6.97. The first kappa shape index (κ1) is 15.2. The van der Waals surface area contributed by atoms with E-state index in [2.05, 4.69) is 5.32 Å². The number of fused-ring (bicyclic) bond motifs is 1. The molecule has 1 unspecified atom stereocenters. The zero-order chi connectivity index (χ0) is 15.2. The van der Waals surface area contributed by atoms with Gasteiger partial charge in [-0.25, -0.2) is 4.79 Å². The molecule has 0 saturated carbocycles. The van der Waals surface area contributed by atoms with E-state index in [0.29, 0.717) is 25.3 Å². The molecule has 1 atom stereocenters. The third-order valence-electron chi connectivity index (χ3n) is 3.43. The Kier molecular flexibility index (Phi) is 5.03. The highest BCUT2D eigenvalue weighted by Crippen LogP contribution is 2.30. The van der Waals surface area contributed by atoms with Gasteiger partial charge in [0, 0.05) is 12.6 Å². The molecule has 1 aromatic carbocycles. The van der Waals surface area contributed by atoms with Crippen molar-refractivity contribution in [3.8, 4) is 5.75 Å². The Morgan fingerprint density at radius 2 is 2.19 bits per heavy atom. The molecule has 1 aromatic rings. The van der Waals surface area contributed by atoms with Gasteiger partial charge in [0.2, 0.25) is 0 Å². The molecule has 6 heteroatoms. The molecular formula is C15H20N2O4. The highest BCUT2D eigenvalue weighted by atomic mass is 16.5. The van der Waals surface area contributed by atoms with Crippen molar-refractivity contribution >= 4 is 17.7 Å². The largest absolute Gasteiger partial charge is 0.491 e. The second-order valence-corrected chi connectivity index (χ2v) is 4.97. The van der Waals surface area contributed by atoms with Gasteiger partial charge in [0.25, 0.3) is 0 Å². The summed E-state index contributed by atoms with van der Waals surface area (Å²) in [5, 5.41) is 11.6. The number of amides is 2. The zero-order valence-electron chi connectivity index (χ0n) is 12.0. The maximum Gasteiger partial charge on any atom is 0.322 e. The van der Waals surface area contributed by atoms with Gasteiger partial charge in [-0.2, -0.15) is 0 Å². The standard InChI is InChI=1S/C15H20N2O4/c1-2-11(10-14(18)19)16-15(20)17-8-5-9-21-13-7-4-3-6-12(13)17/h3-4,6-7,11H,2,5,8-10H2,1H3,(H,16,20)(H,18,19). The van der Waals surface area contributed by atoms with Crippen molar-refractivity contribution in [3.05, 3.63) is 24.3 Å². The maximum atomic E-state index is 12.4. The quantitative estimate of drug-likeness (QED) is 0.892. The topological polar surface area (TPSA) is 78.9 Å². The fraction of sp³-hybridized carbons (Fsp3) is 0.467. The summed E-state index contributed by atoms with van der Waals surface area (Å²) in [4.78, 5) is 24.8. The Labute approximate surface area is 123 Å². The van der Waals surface area contributed by atoms with Crippen molar-refractivity contribution in [2.45, 2.75) is 32.2 Å². The van der Waals surface area contributed by atoms with Gasteiger partial charge in [-0.05, 0) is 25.0 Å². The molecule has 0 aromatic heterocycles. The number of carbonyl (C=O) groups is 2. The van der Waals surface area contributed by atoms with E-state index < -0.39 is 5.97 Å². The van der Waals surface area contributed by atoms with Crippen LogP contribution in [0, 0.1) is 0 Å². The minimum atomic E-state index is -0.915. The number of benzene rings is 1. The van der Waals surface area contributed by atoms with Crippen molar-refractivity contribution in [1.29, 1.82) is 0 Å². The smallest absolute Gasteiger partial charge is 0.322 e. The van der Waals surface area contributed by atoms with Crippen LogP contribution in [0.15, 0.2) is 24.3 Å². The lowest BCUT2D eigenvalue weighted by Crippen LogP contribution is -2.45. The highest BCUT2D eigenvalue weighted by molar-refractivity contribution is 5.94. The lowest BCUT2D eigenvalue weighted by Gasteiger charge is -2.25. The van der Waals surface area contributed by atoms with E-state index in [1.54, 1.807) is 4.90 Å². The Morgan fingerprint density at radius 1 is 1.43 bits per heavy atom. The van der Waals surface area contributed by atoms with Crippen LogP contribution in [0.5, 0.6) is 5.75 Å². The minimum absolute atomic E-state index is 0.0752. The van der Waals surface area contributed by atoms with Crippen molar-refractivity contribution in [1.82, 2.24) is 5.32 Å². The number of carbonyl (C=O) groups excluding carboxylic acids is 1. The zero-order valence-corrected chi connectivity index (χ0v) is 12.0. The first-order chi connectivity index (χ1) is 10.1. The fourth-order valence-corrected chi connectivity index (χ4v) is 2.30. The predicted octanol–water partition coefficient (Wildman–Crippen LogP) is 2.24. The van der Waals surface area contributed by atoms with Crippen LogP contribution in [-0.2, 0) is 4.79 Å². The van der Waals surface area contributed by atoms with E-state index in [4.69, 9.17) is 9.84 Å². The van der Waals surface area contributed by atoms with Crippen LogP contribution in [0.3, 0.4) is 0 Å². The third kappa shape index (κ3) is 3.87. The van der Waals surface area contributed by atoms with Crippen LogP contribution in [-0.4, -0.2) is 36.3 Å². The molecule has 6 nitrogen and oxygen atoms in total. The number of nitrogens with zero attached hydrogens (tertiary/aromatic N) is 1. The van der Waals surface area contributed by atoms with E-state index in [0.717, 1.165) is 12.1 Å². The Bertz CT molecular complexity index is 518. The summed E-state index contributed by atoms with van der Waals surface area (Å²) in [6.45, 7) is 2.97. The second-order valence-electron chi connectivity index (χ2n) is 4.97. The molecule has 2 rings (SSSR count). The number of hydrogen-bond acceptors (Lipinski definition) is 3. The fourth-order valence-electron chi connectivity index (χ4n) is 2.30. The summed E-state index contributed by atoms with van der Waals surface area (Å²) in [7, 11) is 0. The molecule has 0 aliphatic carbocycles. The molecule has 2 N–H and O–H groups in total. The van der Waals surface area contributed by atoms with Gasteiger partial charge in [0.1, 0.15) is 5.75 Å². The molecule has 1 aliphatic rings. The number of carboxylic acid groups (broad SMARTS) is 1. The number of urea groups is 1. The molecule has 0 fully saturated rings. The molecule has 114 valence electrons. The van der Waals surface area contributed by atoms with Crippen LogP contribution >= 0.6 is 0 Å². The molecular weight excluding hydrogens is 272 g/mol. The molecule has 0 saturated heterocycles.